The van der Waals surface area contributed by atoms with Crippen LogP contribution in [0.15, 0.2) is 48.7 Å². The maximum Gasteiger partial charge on any atom is 0.207 e. The number of rotatable bonds is 3. The molecule has 0 unspecified atom stereocenters. The number of aryl methyl sites for hydroxylation is 1. The maximum atomic E-state index is 6.09. The third-order valence-corrected chi connectivity index (χ3v) is 3.31. The van der Waals surface area contributed by atoms with E-state index in [0.29, 0.717) is 11.9 Å². The fraction of sp³-hybridized carbons (Fsp3) is 0.133. The van der Waals surface area contributed by atoms with Crippen molar-refractivity contribution in [2.24, 2.45) is 0 Å². The van der Waals surface area contributed by atoms with Crippen molar-refractivity contribution in [1.82, 2.24) is 9.38 Å². The molecule has 96 valence electrons. The van der Waals surface area contributed by atoms with E-state index in [9.17, 15) is 0 Å². The number of ether oxygens (including phenoxy) is 1. The van der Waals surface area contributed by atoms with Gasteiger partial charge in [0.2, 0.25) is 5.28 Å². The SMILES string of the molecule is Cc1ccccc1OCc1nc(Cl)n2ccccc12. The molecule has 0 aliphatic carbocycles. The van der Waals surface area contributed by atoms with Gasteiger partial charge >= 0.3 is 0 Å². The average molecular weight is 273 g/mol. The quantitative estimate of drug-likeness (QED) is 0.723. The van der Waals surface area contributed by atoms with Gasteiger partial charge in [0.1, 0.15) is 18.1 Å². The van der Waals surface area contributed by atoms with Crippen molar-refractivity contribution >= 4 is 17.1 Å². The van der Waals surface area contributed by atoms with Crippen LogP contribution in [-0.4, -0.2) is 9.38 Å². The van der Waals surface area contributed by atoms with Crippen molar-refractivity contribution in [3.8, 4) is 5.75 Å². The molecule has 4 heteroatoms. The van der Waals surface area contributed by atoms with Gasteiger partial charge in [0.15, 0.2) is 0 Å². The Labute approximate surface area is 116 Å². The highest BCUT2D eigenvalue weighted by molar-refractivity contribution is 6.28. The first-order valence-electron chi connectivity index (χ1n) is 6.05. The largest absolute Gasteiger partial charge is 0.487 e. The van der Waals surface area contributed by atoms with Crippen LogP contribution in [0.1, 0.15) is 11.3 Å². The van der Waals surface area contributed by atoms with E-state index in [0.717, 1.165) is 22.5 Å². The number of hydrogen-bond donors (Lipinski definition) is 0. The highest BCUT2D eigenvalue weighted by atomic mass is 35.5. The summed E-state index contributed by atoms with van der Waals surface area (Å²) >= 11 is 6.09. The Kier molecular flexibility index (Phi) is 3.13. The Morgan fingerprint density at radius 2 is 1.95 bits per heavy atom. The first-order valence-corrected chi connectivity index (χ1v) is 6.43. The van der Waals surface area contributed by atoms with Crippen molar-refractivity contribution in [2.45, 2.75) is 13.5 Å². The fourth-order valence-electron chi connectivity index (χ4n) is 2.03. The molecule has 0 saturated carbocycles. The van der Waals surface area contributed by atoms with Crippen LogP contribution in [0.3, 0.4) is 0 Å². The summed E-state index contributed by atoms with van der Waals surface area (Å²) in [5, 5.41) is 0.457. The Hall–Kier alpha value is -2.00. The number of fused-ring (bicyclic) bond motifs is 1. The minimum atomic E-state index is 0.408. The maximum absolute atomic E-state index is 6.09. The molecule has 0 aliphatic rings. The molecule has 0 atom stereocenters. The van der Waals surface area contributed by atoms with Gasteiger partial charge in [-0.15, -0.1) is 0 Å². The van der Waals surface area contributed by atoms with Gasteiger partial charge in [0.25, 0.3) is 0 Å². The van der Waals surface area contributed by atoms with Gasteiger partial charge in [0, 0.05) is 6.20 Å². The zero-order valence-corrected chi connectivity index (χ0v) is 11.3. The zero-order chi connectivity index (χ0) is 13.2. The number of pyridine rings is 1. The molecule has 0 amide bonds. The Morgan fingerprint density at radius 1 is 1.16 bits per heavy atom. The molecule has 3 nitrogen and oxygen atoms in total. The Morgan fingerprint density at radius 3 is 2.79 bits per heavy atom. The Bertz CT molecular complexity index is 721. The lowest BCUT2D eigenvalue weighted by molar-refractivity contribution is 0.301. The van der Waals surface area contributed by atoms with Gasteiger partial charge in [-0.1, -0.05) is 24.3 Å². The lowest BCUT2D eigenvalue weighted by Crippen LogP contribution is -1.97. The molecular weight excluding hydrogens is 260 g/mol. The van der Waals surface area contributed by atoms with Crippen molar-refractivity contribution in [2.75, 3.05) is 0 Å². The molecule has 19 heavy (non-hydrogen) atoms. The molecule has 2 aromatic heterocycles. The molecule has 3 rings (SSSR count). The third kappa shape index (κ3) is 2.29. The predicted octanol–water partition coefficient (Wildman–Crippen LogP) is 3.88. The highest BCUT2D eigenvalue weighted by Crippen LogP contribution is 2.21. The van der Waals surface area contributed by atoms with Gasteiger partial charge in [-0.2, -0.15) is 0 Å². The number of nitrogens with zero attached hydrogens (tertiary/aromatic N) is 2. The van der Waals surface area contributed by atoms with Crippen LogP contribution in [0.2, 0.25) is 5.28 Å². The van der Waals surface area contributed by atoms with E-state index in [-0.39, 0.29) is 0 Å². The summed E-state index contributed by atoms with van der Waals surface area (Å²) in [6.45, 7) is 2.43. The van der Waals surface area contributed by atoms with E-state index in [4.69, 9.17) is 16.3 Å². The molecule has 3 aromatic rings. The minimum absolute atomic E-state index is 0.408. The molecule has 0 N–H and O–H groups in total. The highest BCUT2D eigenvalue weighted by Gasteiger charge is 2.09. The summed E-state index contributed by atoms with van der Waals surface area (Å²) in [6, 6.07) is 13.8. The van der Waals surface area contributed by atoms with Crippen LogP contribution in [0.25, 0.3) is 5.52 Å². The van der Waals surface area contributed by atoms with E-state index in [1.165, 1.54) is 0 Å². The van der Waals surface area contributed by atoms with Crippen molar-refractivity contribution in [3.63, 3.8) is 0 Å². The number of benzene rings is 1. The molecule has 2 heterocycles. The molecule has 0 aliphatic heterocycles. The topological polar surface area (TPSA) is 26.5 Å². The van der Waals surface area contributed by atoms with Crippen LogP contribution in [-0.2, 0) is 6.61 Å². The number of imidazole rings is 1. The van der Waals surface area contributed by atoms with E-state index in [2.05, 4.69) is 4.98 Å². The first-order chi connectivity index (χ1) is 9.25. The Balaban J connectivity index is 1.88. The van der Waals surface area contributed by atoms with Crippen LogP contribution in [0.5, 0.6) is 5.75 Å². The second kappa shape index (κ2) is 4.94. The normalized spacial score (nSPS) is 10.8. The van der Waals surface area contributed by atoms with Gasteiger partial charge < -0.3 is 4.74 Å². The van der Waals surface area contributed by atoms with Crippen molar-refractivity contribution < 1.29 is 4.74 Å². The van der Waals surface area contributed by atoms with Crippen LogP contribution < -0.4 is 4.74 Å². The first kappa shape index (κ1) is 12.1. The van der Waals surface area contributed by atoms with Crippen molar-refractivity contribution in [3.05, 3.63) is 65.2 Å². The molecule has 0 saturated heterocycles. The number of halogens is 1. The summed E-state index contributed by atoms with van der Waals surface area (Å²) in [4.78, 5) is 4.34. The number of para-hydroxylation sites is 1. The van der Waals surface area contributed by atoms with Crippen LogP contribution >= 0.6 is 11.6 Å². The van der Waals surface area contributed by atoms with E-state index < -0.39 is 0 Å². The van der Waals surface area contributed by atoms with Crippen LogP contribution in [0, 0.1) is 6.92 Å². The van der Waals surface area contributed by atoms with E-state index in [1.54, 1.807) is 0 Å². The second-order valence-corrected chi connectivity index (χ2v) is 4.68. The lowest BCUT2D eigenvalue weighted by Gasteiger charge is -2.07. The molecule has 0 bridgehead atoms. The molecule has 0 radical (unpaired) electrons. The second-order valence-electron chi connectivity index (χ2n) is 4.34. The summed E-state index contributed by atoms with van der Waals surface area (Å²) in [7, 11) is 0. The zero-order valence-electron chi connectivity index (χ0n) is 10.5. The summed E-state index contributed by atoms with van der Waals surface area (Å²) < 4.78 is 7.66. The van der Waals surface area contributed by atoms with Gasteiger partial charge in [-0.3, -0.25) is 4.40 Å². The lowest BCUT2D eigenvalue weighted by atomic mass is 10.2. The molecular formula is C15H13ClN2O. The van der Waals surface area contributed by atoms with E-state index in [1.807, 2.05) is 60.0 Å². The smallest absolute Gasteiger partial charge is 0.207 e. The molecule has 0 spiro atoms. The van der Waals surface area contributed by atoms with Gasteiger partial charge in [-0.05, 0) is 42.3 Å². The average Bonchev–Trinajstić information content (AvgIpc) is 2.75. The standard InChI is InChI=1S/C15H13ClN2O/c1-11-6-2-3-8-14(11)19-10-12-13-7-4-5-9-18(13)15(16)17-12/h2-9H,10H2,1H3. The summed E-state index contributed by atoms with van der Waals surface area (Å²) in [6.07, 6.45) is 1.89. The number of aromatic nitrogens is 2. The van der Waals surface area contributed by atoms with Crippen LogP contribution in [0.4, 0.5) is 0 Å². The van der Waals surface area contributed by atoms with Gasteiger partial charge in [-0.25, -0.2) is 4.98 Å². The fourth-order valence-corrected chi connectivity index (χ4v) is 2.28. The molecule has 1 aromatic carbocycles. The molecule has 0 fully saturated rings. The van der Waals surface area contributed by atoms with Gasteiger partial charge in [0.05, 0.1) is 5.52 Å². The monoisotopic (exact) mass is 272 g/mol. The number of hydrogen-bond acceptors (Lipinski definition) is 2. The summed E-state index contributed by atoms with van der Waals surface area (Å²) in [5.41, 5.74) is 2.92. The van der Waals surface area contributed by atoms with Crippen molar-refractivity contribution in [1.29, 1.82) is 0 Å². The van der Waals surface area contributed by atoms with E-state index >= 15 is 0 Å². The summed E-state index contributed by atoms with van der Waals surface area (Å²) in [5.74, 6) is 0.871. The third-order valence-electron chi connectivity index (χ3n) is 3.04. The minimum Gasteiger partial charge on any atom is -0.487 e. The predicted molar refractivity (Wildman–Crippen MR) is 75.7 cm³/mol.